The molecule has 0 unspecified atom stereocenters. The Labute approximate surface area is 138 Å². The van der Waals surface area contributed by atoms with Crippen LogP contribution in [0, 0.1) is 0 Å². The van der Waals surface area contributed by atoms with Gasteiger partial charge < -0.3 is 5.32 Å². The van der Waals surface area contributed by atoms with Crippen LogP contribution in [0.4, 0.5) is 0 Å². The van der Waals surface area contributed by atoms with Crippen LogP contribution in [0.2, 0.25) is 5.02 Å². The first kappa shape index (κ1) is 15.4. The van der Waals surface area contributed by atoms with E-state index in [4.69, 9.17) is 11.6 Å². The molecular weight excluding hydrogens is 314 g/mol. The number of nitrogens with zero attached hydrogens (tertiary/aromatic N) is 2. The zero-order chi connectivity index (χ0) is 16.4. The van der Waals surface area contributed by atoms with Crippen molar-refractivity contribution >= 4 is 28.5 Å². The van der Waals surface area contributed by atoms with Crippen LogP contribution < -0.4 is 11.0 Å². The highest BCUT2D eigenvalue weighted by Crippen LogP contribution is 2.11. The third-order valence-electron chi connectivity index (χ3n) is 3.76. The third-order valence-corrected chi connectivity index (χ3v) is 4.01. The van der Waals surface area contributed by atoms with Crippen LogP contribution in [-0.2, 0) is 24.9 Å². The lowest BCUT2D eigenvalue weighted by molar-refractivity contribution is -0.121. The Kier molecular flexibility index (Phi) is 4.21. The first-order valence-corrected chi connectivity index (χ1v) is 7.59. The predicted molar refractivity (Wildman–Crippen MR) is 90.5 cm³/mol. The fraction of sp³-hybridized carbons (Fsp3) is 0.176. The lowest BCUT2D eigenvalue weighted by atomic mass is 10.2. The molecule has 6 heteroatoms. The summed E-state index contributed by atoms with van der Waals surface area (Å²) in [4.78, 5) is 24.4. The number of aryl methyl sites for hydroxylation is 1. The van der Waals surface area contributed by atoms with Gasteiger partial charge in [-0.15, -0.1) is 0 Å². The van der Waals surface area contributed by atoms with Crippen molar-refractivity contribution in [2.24, 2.45) is 7.05 Å². The summed E-state index contributed by atoms with van der Waals surface area (Å²) < 4.78 is 3.02. The Hall–Kier alpha value is -2.53. The largest absolute Gasteiger partial charge is 0.350 e. The quantitative estimate of drug-likeness (QED) is 0.798. The number of carbonyl (C=O) groups is 1. The lowest BCUT2D eigenvalue weighted by Gasteiger charge is -2.06. The number of aromatic nitrogens is 2. The van der Waals surface area contributed by atoms with Gasteiger partial charge in [-0.05, 0) is 29.8 Å². The number of nitrogens with one attached hydrogen (secondary N) is 1. The van der Waals surface area contributed by atoms with Crippen LogP contribution in [0.1, 0.15) is 5.56 Å². The molecule has 0 atom stereocenters. The monoisotopic (exact) mass is 329 g/mol. The van der Waals surface area contributed by atoms with Gasteiger partial charge in [0.15, 0.2) is 0 Å². The number of fused-ring (bicyclic) bond motifs is 1. The van der Waals surface area contributed by atoms with Gasteiger partial charge >= 0.3 is 5.69 Å². The Morgan fingerprint density at radius 2 is 1.74 bits per heavy atom. The summed E-state index contributed by atoms with van der Waals surface area (Å²) in [6, 6.07) is 14.7. The van der Waals surface area contributed by atoms with E-state index in [9.17, 15) is 9.59 Å². The molecule has 3 aromatic rings. The van der Waals surface area contributed by atoms with Gasteiger partial charge in [0, 0.05) is 18.6 Å². The molecule has 1 aromatic heterocycles. The molecule has 1 amide bonds. The van der Waals surface area contributed by atoms with Crippen LogP contribution in [0.5, 0.6) is 0 Å². The standard InChI is InChI=1S/C17H16ClN3O2/c1-20-14-4-2-3-5-15(14)21(17(20)23)11-16(22)19-10-12-6-8-13(18)9-7-12/h2-9H,10-11H2,1H3,(H,19,22). The van der Waals surface area contributed by atoms with Gasteiger partial charge in [0.25, 0.3) is 0 Å². The summed E-state index contributed by atoms with van der Waals surface area (Å²) >= 11 is 5.83. The SMILES string of the molecule is Cn1c(=O)n(CC(=O)NCc2ccc(Cl)cc2)c2ccccc21. The maximum Gasteiger partial charge on any atom is 0.329 e. The molecule has 0 aliphatic rings. The Bertz CT molecular complexity index is 910. The maximum atomic E-state index is 12.3. The van der Waals surface area contributed by atoms with Crippen molar-refractivity contribution in [3.8, 4) is 0 Å². The predicted octanol–water partition coefficient (Wildman–Crippen LogP) is 2.31. The highest BCUT2D eigenvalue weighted by atomic mass is 35.5. The summed E-state index contributed by atoms with van der Waals surface area (Å²) in [7, 11) is 1.70. The number of imidazole rings is 1. The van der Waals surface area contributed by atoms with Crippen LogP contribution in [-0.4, -0.2) is 15.0 Å². The lowest BCUT2D eigenvalue weighted by Crippen LogP contribution is -2.32. The van der Waals surface area contributed by atoms with Gasteiger partial charge in [-0.1, -0.05) is 35.9 Å². The van der Waals surface area contributed by atoms with E-state index in [1.807, 2.05) is 36.4 Å². The van der Waals surface area contributed by atoms with E-state index in [1.165, 1.54) is 4.57 Å². The molecule has 0 radical (unpaired) electrons. The van der Waals surface area contributed by atoms with Crippen molar-refractivity contribution in [2.45, 2.75) is 13.1 Å². The summed E-state index contributed by atoms with van der Waals surface area (Å²) in [6.07, 6.45) is 0. The summed E-state index contributed by atoms with van der Waals surface area (Å²) in [5, 5.41) is 3.47. The maximum absolute atomic E-state index is 12.3. The second-order valence-corrected chi connectivity index (χ2v) is 5.76. The Balaban J connectivity index is 1.74. The van der Waals surface area contributed by atoms with Crippen molar-refractivity contribution in [3.63, 3.8) is 0 Å². The van der Waals surface area contributed by atoms with E-state index >= 15 is 0 Å². The molecule has 0 fully saturated rings. The van der Waals surface area contributed by atoms with Gasteiger partial charge in [-0.3, -0.25) is 13.9 Å². The topological polar surface area (TPSA) is 56.0 Å². The zero-order valence-electron chi connectivity index (χ0n) is 12.6. The Morgan fingerprint density at radius 3 is 2.43 bits per heavy atom. The fourth-order valence-electron chi connectivity index (χ4n) is 2.52. The molecular formula is C17H16ClN3O2. The number of rotatable bonds is 4. The van der Waals surface area contributed by atoms with Crippen LogP contribution >= 0.6 is 11.6 Å². The number of halogens is 1. The molecule has 3 rings (SSSR count). The average Bonchev–Trinajstić information content (AvgIpc) is 2.80. The molecule has 1 heterocycles. The molecule has 1 N–H and O–H groups in total. The average molecular weight is 330 g/mol. The normalized spacial score (nSPS) is 10.9. The molecule has 23 heavy (non-hydrogen) atoms. The number of para-hydroxylation sites is 2. The molecule has 2 aromatic carbocycles. The highest BCUT2D eigenvalue weighted by Gasteiger charge is 2.12. The molecule has 0 spiro atoms. The summed E-state index contributed by atoms with van der Waals surface area (Å²) in [5.41, 5.74) is 2.31. The summed E-state index contributed by atoms with van der Waals surface area (Å²) in [6.45, 7) is 0.392. The third kappa shape index (κ3) is 3.14. The number of hydrogen-bond donors (Lipinski definition) is 1. The number of benzene rings is 2. The van der Waals surface area contributed by atoms with Gasteiger partial charge in [-0.25, -0.2) is 4.79 Å². The molecule has 0 saturated heterocycles. The van der Waals surface area contributed by atoms with Crippen molar-refractivity contribution in [1.29, 1.82) is 0 Å². The fourth-order valence-corrected chi connectivity index (χ4v) is 2.64. The zero-order valence-corrected chi connectivity index (χ0v) is 13.4. The smallest absolute Gasteiger partial charge is 0.329 e. The first-order chi connectivity index (χ1) is 11.1. The van der Waals surface area contributed by atoms with E-state index in [0.29, 0.717) is 11.6 Å². The molecule has 0 bridgehead atoms. The van der Waals surface area contributed by atoms with E-state index in [0.717, 1.165) is 16.6 Å². The minimum Gasteiger partial charge on any atom is -0.350 e. The van der Waals surface area contributed by atoms with Crippen molar-refractivity contribution in [1.82, 2.24) is 14.5 Å². The van der Waals surface area contributed by atoms with Crippen molar-refractivity contribution in [3.05, 3.63) is 69.6 Å². The van der Waals surface area contributed by atoms with Crippen LogP contribution in [0.15, 0.2) is 53.3 Å². The number of amides is 1. The minimum atomic E-state index is -0.210. The summed E-state index contributed by atoms with van der Waals surface area (Å²) in [5.74, 6) is -0.210. The van der Waals surface area contributed by atoms with E-state index in [1.54, 1.807) is 23.7 Å². The van der Waals surface area contributed by atoms with E-state index in [-0.39, 0.29) is 18.1 Å². The van der Waals surface area contributed by atoms with E-state index in [2.05, 4.69) is 5.32 Å². The second-order valence-electron chi connectivity index (χ2n) is 5.32. The minimum absolute atomic E-state index is 0.00617. The first-order valence-electron chi connectivity index (χ1n) is 7.21. The Morgan fingerprint density at radius 1 is 1.09 bits per heavy atom. The number of carbonyl (C=O) groups excluding carboxylic acids is 1. The molecule has 118 valence electrons. The van der Waals surface area contributed by atoms with Crippen molar-refractivity contribution in [2.75, 3.05) is 0 Å². The van der Waals surface area contributed by atoms with Crippen molar-refractivity contribution < 1.29 is 4.79 Å². The number of hydrogen-bond acceptors (Lipinski definition) is 2. The van der Waals surface area contributed by atoms with Gasteiger partial charge in [0.1, 0.15) is 6.54 Å². The van der Waals surface area contributed by atoms with E-state index < -0.39 is 0 Å². The van der Waals surface area contributed by atoms with Gasteiger partial charge in [0.2, 0.25) is 5.91 Å². The van der Waals surface area contributed by atoms with Crippen LogP contribution in [0.3, 0.4) is 0 Å². The molecule has 0 aliphatic heterocycles. The molecule has 0 saturated carbocycles. The van der Waals surface area contributed by atoms with Gasteiger partial charge in [0.05, 0.1) is 11.0 Å². The van der Waals surface area contributed by atoms with Crippen LogP contribution in [0.25, 0.3) is 11.0 Å². The highest BCUT2D eigenvalue weighted by molar-refractivity contribution is 6.30. The van der Waals surface area contributed by atoms with Gasteiger partial charge in [-0.2, -0.15) is 0 Å². The molecule has 0 aliphatic carbocycles. The molecule has 5 nitrogen and oxygen atoms in total. The second kappa shape index (κ2) is 6.30.